The summed E-state index contributed by atoms with van der Waals surface area (Å²) in [5, 5.41) is 2.94. The highest BCUT2D eigenvalue weighted by Gasteiger charge is 2.22. The molecule has 1 fully saturated rings. The molecular weight excluding hydrogens is 367 g/mol. The number of para-hydroxylation sites is 1. The fourth-order valence-corrected chi connectivity index (χ4v) is 3.47. The maximum absolute atomic E-state index is 13.8. The molecule has 1 aromatic heterocycles. The highest BCUT2D eigenvalue weighted by molar-refractivity contribution is 5.95. The number of rotatable bonds is 5. The van der Waals surface area contributed by atoms with E-state index in [0.29, 0.717) is 30.2 Å². The van der Waals surface area contributed by atoms with Crippen molar-refractivity contribution in [2.24, 2.45) is 0 Å². The zero-order valence-electron chi connectivity index (χ0n) is 16.1. The molecule has 0 bridgehead atoms. The largest absolute Gasteiger partial charge is 0.338 e. The van der Waals surface area contributed by atoms with Crippen LogP contribution in [0.15, 0.2) is 72.9 Å². The number of hydrogen-bond donors (Lipinski definition) is 1. The number of aromatic nitrogens is 1. The lowest BCUT2D eigenvalue weighted by atomic mass is 10.1. The molecule has 1 saturated heterocycles. The third kappa shape index (κ3) is 4.78. The number of nitrogens with zero attached hydrogens (tertiary/aromatic N) is 3. The molecule has 1 aliphatic heterocycles. The topological polar surface area (TPSA) is 48.5 Å². The minimum Gasteiger partial charge on any atom is -0.338 e. The maximum Gasteiger partial charge on any atom is 0.254 e. The average Bonchev–Trinajstić information content (AvgIpc) is 2.76. The van der Waals surface area contributed by atoms with Crippen molar-refractivity contribution >= 4 is 17.4 Å². The predicted molar refractivity (Wildman–Crippen MR) is 112 cm³/mol. The van der Waals surface area contributed by atoms with E-state index in [1.807, 2.05) is 23.1 Å². The second-order valence-corrected chi connectivity index (χ2v) is 7.09. The van der Waals surface area contributed by atoms with Crippen molar-refractivity contribution in [2.75, 3.05) is 31.5 Å². The Hall–Kier alpha value is -3.25. The van der Waals surface area contributed by atoms with Crippen LogP contribution in [0.25, 0.3) is 0 Å². The van der Waals surface area contributed by atoms with Crippen LogP contribution in [0.4, 0.5) is 15.9 Å². The van der Waals surface area contributed by atoms with Crippen LogP contribution < -0.4 is 5.32 Å². The summed E-state index contributed by atoms with van der Waals surface area (Å²) in [6, 6.07) is 20.1. The van der Waals surface area contributed by atoms with Crippen molar-refractivity contribution in [3.05, 3.63) is 89.9 Å². The first kappa shape index (κ1) is 19.1. The van der Waals surface area contributed by atoms with E-state index in [1.165, 1.54) is 11.6 Å². The lowest BCUT2D eigenvalue weighted by molar-refractivity contribution is 0.0628. The van der Waals surface area contributed by atoms with Gasteiger partial charge in [-0.1, -0.05) is 42.5 Å². The molecule has 4 rings (SSSR count). The number of benzene rings is 2. The van der Waals surface area contributed by atoms with Crippen molar-refractivity contribution in [3.63, 3.8) is 0 Å². The Labute approximate surface area is 169 Å². The SMILES string of the molecule is O=C(c1ccnc(Nc2ccccc2F)c1)N1CCN(Cc2ccccc2)CC1. The van der Waals surface area contributed by atoms with Gasteiger partial charge in [0.1, 0.15) is 11.6 Å². The molecule has 0 saturated carbocycles. The monoisotopic (exact) mass is 390 g/mol. The Kier molecular flexibility index (Phi) is 5.81. The number of hydrogen-bond acceptors (Lipinski definition) is 4. The third-order valence-corrected chi connectivity index (χ3v) is 5.05. The van der Waals surface area contributed by atoms with Gasteiger partial charge in [0.25, 0.3) is 5.91 Å². The molecule has 2 aromatic carbocycles. The lowest BCUT2D eigenvalue weighted by Gasteiger charge is -2.34. The van der Waals surface area contributed by atoms with Crippen LogP contribution in [0.2, 0.25) is 0 Å². The molecule has 0 unspecified atom stereocenters. The van der Waals surface area contributed by atoms with Gasteiger partial charge in [-0.15, -0.1) is 0 Å². The van der Waals surface area contributed by atoms with Gasteiger partial charge in [0.05, 0.1) is 5.69 Å². The quantitative estimate of drug-likeness (QED) is 0.717. The Morgan fingerprint density at radius 3 is 2.45 bits per heavy atom. The van der Waals surface area contributed by atoms with E-state index in [1.54, 1.807) is 36.5 Å². The summed E-state index contributed by atoms with van der Waals surface area (Å²) in [5.41, 5.74) is 2.17. The molecule has 0 atom stereocenters. The van der Waals surface area contributed by atoms with Gasteiger partial charge in [0.15, 0.2) is 0 Å². The van der Waals surface area contributed by atoms with E-state index in [9.17, 15) is 9.18 Å². The summed E-state index contributed by atoms with van der Waals surface area (Å²) in [7, 11) is 0. The number of halogens is 1. The zero-order valence-corrected chi connectivity index (χ0v) is 16.1. The van der Waals surface area contributed by atoms with Gasteiger partial charge in [-0.2, -0.15) is 0 Å². The molecule has 0 spiro atoms. The van der Waals surface area contributed by atoms with E-state index >= 15 is 0 Å². The third-order valence-electron chi connectivity index (χ3n) is 5.05. The molecule has 1 aliphatic rings. The number of carbonyl (C=O) groups excluding carboxylic acids is 1. The first-order valence-electron chi connectivity index (χ1n) is 9.72. The molecule has 6 heteroatoms. The maximum atomic E-state index is 13.8. The van der Waals surface area contributed by atoms with Crippen LogP contribution in [-0.4, -0.2) is 46.9 Å². The van der Waals surface area contributed by atoms with Gasteiger partial charge in [0, 0.05) is 44.5 Å². The number of anilines is 2. The first-order valence-corrected chi connectivity index (χ1v) is 9.72. The zero-order chi connectivity index (χ0) is 20.1. The van der Waals surface area contributed by atoms with Gasteiger partial charge in [0.2, 0.25) is 0 Å². The Bertz CT molecular complexity index is 971. The Morgan fingerprint density at radius 2 is 1.69 bits per heavy atom. The van der Waals surface area contributed by atoms with Crippen LogP contribution in [0.5, 0.6) is 0 Å². The number of nitrogens with one attached hydrogen (secondary N) is 1. The molecule has 1 amide bonds. The summed E-state index contributed by atoms with van der Waals surface area (Å²) >= 11 is 0. The van der Waals surface area contributed by atoms with Crippen molar-refractivity contribution in [1.82, 2.24) is 14.8 Å². The normalized spacial score (nSPS) is 14.6. The van der Waals surface area contributed by atoms with E-state index in [2.05, 4.69) is 27.3 Å². The van der Waals surface area contributed by atoms with Crippen LogP contribution in [0.3, 0.4) is 0 Å². The lowest BCUT2D eigenvalue weighted by Crippen LogP contribution is -2.48. The van der Waals surface area contributed by atoms with E-state index in [-0.39, 0.29) is 11.7 Å². The molecule has 29 heavy (non-hydrogen) atoms. The van der Waals surface area contributed by atoms with E-state index in [4.69, 9.17) is 0 Å². The minimum atomic E-state index is -0.361. The fraction of sp³-hybridized carbons (Fsp3) is 0.217. The average molecular weight is 390 g/mol. The summed E-state index contributed by atoms with van der Waals surface area (Å²) in [6.45, 7) is 3.95. The molecule has 5 nitrogen and oxygen atoms in total. The number of piperazine rings is 1. The molecule has 148 valence electrons. The molecule has 0 radical (unpaired) electrons. The predicted octanol–water partition coefficient (Wildman–Crippen LogP) is 3.92. The summed E-state index contributed by atoms with van der Waals surface area (Å²) in [5.74, 6) is 0.0626. The van der Waals surface area contributed by atoms with Crippen LogP contribution >= 0.6 is 0 Å². The van der Waals surface area contributed by atoms with Crippen molar-refractivity contribution in [3.8, 4) is 0 Å². The molecule has 1 N–H and O–H groups in total. The Morgan fingerprint density at radius 1 is 0.966 bits per heavy atom. The van der Waals surface area contributed by atoms with Crippen molar-refractivity contribution in [2.45, 2.75) is 6.54 Å². The smallest absolute Gasteiger partial charge is 0.254 e. The second kappa shape index (κ2) is 8.84. The van der Waals surface area contributed by atoms with E-state index in [0.717, 1.165) is 19.6 Å². The van der Waals surface area contributed by atoms with Crippen molar-refractivity contribution < 1.29 is 9.18 Å². The van der Waals surface area contributed by atoms with Gasteiger partial charge in [-0.3, -0.25) is 9.69 Å². The van der Waals surface area contributed by atoms with Gasteiger partial charge >= 0.3 is 0 Å². The van der Waals surface area contributed by atoms with Crippen LogP contribution in [-0.2, 0) is 6.54 Å². The molecular formula is C23H23FN4O. The van der Waals surface area contributed by atoms with Gasteiger partial charge in [-0.05, 0) is 29.8 Å². The molecule has 2 heterocycles. The summed E-state index contributed by atoms with van der Waals surface area (Å²) < 4.78 is 13.8. The van der Waals surface area contributed by atoms with Gasteiger partial charge < -0.3 is 10.2 Å². The highest BCUT2D eigenvalue weighted by Crippen LogP contribution is 2.19. The standard InChI is InChI=1S/C23H23FN4O/c24-20-8-4-5-9-21(20)26-22-16-19(10-11-25-22)23(29)28-14-12-27(13-15-28)17-18-6-2-1-3-7-18/h1-11,16H,12-15,17H2,(H,25,26). The van der Waals surface area contributed by atoms with E-state index < -0.39 is 0 Å². The van der Waals surface area contributed by atoms with Crippen LogP contribution in [0.1, 0.15) is 15.9 Å². The molecule has 0 aliphatic carbocycles. The fourth-order valence-electron chi connectivity index (χ4n) is 3.47. The number of amides is 1. The van der Waals surface area contributed by atoms with Gasteiger partial charge in [-0.25, -0.2) is 9.37 Å². The number of carbonyl (C=O) groups is 1. The summed E-state index contributed by atoms with van der Waals surface area (Å²) in [4.78, 5) is 21.3. The van der Waals surface area contributed by atoms with Crippen LogP contribution in [0, 0.1) is 5.82 Å². The Balaban J connectivity index is 1.37. The minimum absolute atomic E-state index is 0.0247. The highest BCUT2D eigenvalue weighted by atomic mass is 19.1. The summed E-state index contributed by atoms with van der Waals surface area (Å²) in [6.07, 6.45) is 1.57. The number of pyridine rings is 1. The molecule has 3 aromatic rings. The second-order valence-electron chi connectivity index (χ2n) is 7.09. The first-order chi connectivity index (χ1) is 14.2. The van der Waals surface area contributed by atoms with Crippen molar-refractivity contribution in [1.29, 1.82) is 0 Å².